The molecule has 9 heteroatoms. The molecule has 316 valence electrons. The number of hydrogen-bond donors (Lipinski definition) is 1. The number of hydrogen-bond acceptors (Lipinski definition) is 9. The van der Waals surface area contributed by atoms with E-state index in [1.165, 1.54) is 38.0 Å². The van der Waals surface area contributed by atoms with Gasteiger partial charge < -0.3 is 14.6 Å². The lowest BCUT2D eigenvalue weighted by atomic mass is 10.0. The SMILES string of the molecule is CC.CC.CC.CC.CC(C)c1cccc2nc(N)sc12.CC(C)c1cccc2ncoc12.CC(C)c1cccc2ncsc12.Cc1nc2cccc(C(C)C)c2o1. The maximum Gasteiger partial charge on any atom is 0.192 e. The molecule has 0 bridgehead atoms. The minimum absolute atomic E-state index is 0.482. The number of oxazole rings is 2. The molecule has 0 unspecified atom stereocenters. The quantitative estimate of drug-likeness (QED) is 0.188. The van der Waals surface area contributed by atoms with E-state index in [0.717, 1.165) is 39.1 Å². The number of anilines is 1. The number of aryl methyl sites for hydroxylation is 1. The Morgan fingerprint density at radius 3 is 1.48 bits per heavy atom. The van der Waals surface area contributed by atoms with Crippen LogP contribution >= 0.6 is 22.7 Å². The molecule has 0 aliphatic carbocycles. The predicted molar refractivity (Wildman–Crippen MR) is 258 cm³/mol. The van der Waals surface area contributed by atoms with Gasteiger partial charge in [0.2, 0.25) is 0 Å². The number of rotatable bonds is 4. The lowest BCUT2D eigenvalue weighted by Gasteiger charge is -2.04. The van der Waals surface area contributed by atoms with E-state index in [1.54, 1.807) is 22.7 Å². The van der Waals surface area contributed by atoms with Crippen LogP contribution in [0.3, 0.4) is 0 Å². The average molecular weight is 826 g/mol. The van der Waals surface area contributed by atoms with Crippen molar-refractivity contribution in [1.29, 1.82) is 0 Å². The minimum Gasteiger partial charge on any atom is -0.443 e. The second kappa shape index (κ2) is 27.2. The van der Waals surface area contributed by atoms with Gasteiger partial charge in [0, 0.05) is 6.92 Å². The zero-order valence-corrected chi connectivity index (χ0v) is 40.0. The number of fused-ring (bicyclic) bond motifs is 4. The van der Waals surface area contributed by atoms with Gasteiger partial charge in [-0.25, -0.2) is 19.9 Å². The highest BCUT2D eigenvalue weighted by Gasteiger charge is 2.11. The van der Waals surface area contributed by atoms with E-state index in [0.29, 0.717) is 28.8 Å². The Kier molecular flexibility index (Phi) is 24.1. The van der Waals surface area contributed by atoms with Crippen LogP contribution in [-0.4, -0.2) is 19.9 Å². The van der Waals surface area contributed by atoms with Gasteiger partial charge in [-0.2, -0.15) is 0 Å². The molecule has 8 aromatic rings. The molecule has 4 heterocycles. The normalized spacial score (nSPS) is 10.2. The van der Waals surface area contributed by atoms with E-state index in [4.69, 9.17) is 14.6 Å². The molecule has 0 fully saturated rings. The molecule has 58 heavy (non-hydrogen) atoms. The van der Waals surface area contributed by atoms with Crippen LogP contribution in [0.2, 0.25) is 0 Å². The van der Waals surface area contributed by atoms with Crippen molar-refractivity contribution in [3.05, 3.63) is 113 Å². The van der Waals surface area contributed by atoms with Crippen molar-refractivity contribution in [2.24, 2.45) is 0 Å². The molecule has 0 spiro atoms. The third-order valence-electron chi connectivity index (χ3n) is 8.28. The van der Waals surface area contributed by atoms with Crippen molar-refractivity contribution in [3.8, 4) is 0 Å². The standard InChI is InChI=1S/C11H13NO.C10H12N2S.C10H11NO.C10H11NS.4C2H6/c1-7(2)9-5-4-6-10-11(9)13-8(3)12-10;1-6(2)7-4-3-5-8-9(7)13-10(11)12-8;2*1-7(2)8-4-3-5-9-10(8)12-6-11-9;4*1-2/h4-7H,1-3H3;3-6H,1-2H3,(H2,11,12);2*3-7H,1-2H3;4*1-2H3. The van der Waals surface area contributed by atoms with Crippen molar-refractivity contribution in [1.82, 2.24) is 19.9 Å². The van der Waals surface area contributed by atoms with Gasteiger partial charge in [0.25, 0.3) is 0 Å². The van der Waals surface area contributed by atoms with Crippen LogP contribution < -0.4 is 5.73 Å². The summed E-state index contributed by atoms with van der Waals surface area (Å²) in [5.74, 6) is 2.83. The molecule has 0 radical (unpaired) electrons. The number of nitrogen functional groups attached to an aromatic ring is 1. The molecule has 4 aromatic heterocycles. The van der Waals surface area contributed by atoms with Gasteiger partial charge in [-0.05, 0) is 70.2 Å². The molecule has 2 N–H and O–H groups in total. The van der Waals surface area contributed by atoms with Gasteiger partial charge >= 0.3 is 0 Å². The first-order valence-corrected chi connectivity index (χ1v) is 22.8. The van der Waals surface area contributed by atoms with Crippen molar-refractivity contribution in [2.75, 3.05) is 5.73 Å². The molecule has 0 atom stereocenters. The second-order valence-corrected chi connectivity index (χ2v) is 15.3. The zero-order chi connectivity index (χ0) is 43.9. The summed E-state index contributed by atoms with van der Waals surface area (Å²) in [6.07, 6.45) is 1.50. The Morgan fingerprint density at radius 2 is 0.948 bits per heavy atom. The Balaban J connectivity index is 0.000000365. The van der Waals surface area contributed by atoms with Crippen molar-refractivity contribution < 1.29 is 8.83 Å². The third kappa shape index (κ3) is 14.3. The summed E-state index contributed by atoms with van der Waals surface area (Å²) in [6.45, 7) is 35.3. The van der Waals surface area contributed by atoms with Crippen LogP contribution in [0.15, 0.2) is 93.5 Å². The first-order chi connectivity index (χ1) is 27.9. The van der Waals surface area contributed by atoms with E-state index >= 15 is 0 Å². The number of nitrogens with zero attached hydrogens (tertiary/aromatic N) is 4. The van der Waals surface area contributed by atoms with Gasteiger partial charge in [-0.3, -0.25) is 0 Å². The smallest absolute Gasteiger partial charge is 0.192 e. The van der Waals surface area contributed by atoms with Crippen molar-refractivity contribution >= 4 is 70.4 Å². The maximum atomic E-state index is 5.67. The fourth-order valence-corrected chi connectivity index (χ4v) is 7.65. The molecule has 0 saturated heterocycles. The highest BCUT2D eigenvalue weighted by Crippen LogP contribution is 2.31. The summed E-state index contributed by atoms with van der Waals surface area (Å²) in [5.41, 5.74) is 18.7. The molecule has 0 aliphatic rings. The summed E-state index contributed by atoms with van der Waals surface area (Å²) >= 11 is 3.30. The fraction of sp³-hybridized carbons (Fsp3) is 0.429. The lowest BCUT2D eigenvalue weighted by molar-refractivity contribution is 0.555. The van der Waals surface area contributed by atoms with E-state index in [2.05, 4.69) is 112 Å². The maximum absolute atomic E-state index is 5.67. The zero-order valence-electron chi connectivity index (χ0n) is 38.4. The molecule has 0 amide bonds. The van der Waals surface area contributed by atoms with E-state index < -0.39 is 0 Å². The van der Waals surface area contributed by atoms with Crippen molar-refractivity contribution in [3.63, 3.8) is 0 Å². The molecule has 7 nitrogen and oxygen atoms in total. The third-order valence-corrected chi connectivity index (χ3v) is 10.1. The number of aromatic nitrogens is 4. The van der Waals surface area contributed by atoms with Crippen LogP contribution in [0.25, 0.3) is 42.6 Å². The van der Waals surface area contributed by atoms with Crippen LogP contribution in [0.4, 0.5) is 5.13 Å². The number of para-hydroxylation sites is 2. The average Bonchev–Trinajstić information content (AvgIpc) is 4.06. The first-order valence-electron chi connectivity index (χ1n) is 21.1. The summed E-state index contributed by atoms with van der Waals surface area (Å²) in [7, 11) is 0. The van der Waals surface area contributed by atoms with Crippen LogP contribution in [0, 0.1) is 6.92 Å². The molecule has 0 saturated carbocycles. The lowest BCUT2D eigenvalue weighted by Crippen LogP contribution is -1.86. The molecular formula is C49H71N5O2S2. The van der Waals surface area contributed by atoms with E-state index in [-0.39, 0.29) is 0 Å². The number of thiazole rings is 2. The molecule has 0 aliphatic heterocycles. The monoisotopic (exact) mass is 826 g/mol. The number of nitrogens with two attached hydrogens (primary N) is 1. The van der Waals surface area contributed by atoms with E-state index in [9.17, 15) is 0 Å². The largest absolute Gasteiger partial charge is 0.443 e. The highest BCUT2D eigenvalue weighted by atomic mass is 32.1. The minimum atomic E-state index is 0.482. The van der Waals surface area contributed by atoms with Crippen LogP contribution in [-0.2, 0) is 0 Å². The Morgan fingerprint density at radius 1 is 0.500 bits per heavy atom. The topological polar surface area (TPSA) is 104 Å². The van der Waals surface area contributed by atoms with Crippen LogP contribution in [0.5, 0.6) is 0 Å². The second-order valence-electron chi connectivity index (χ2n) is 13.4. The summed E-state index contributed by atoms with van der Waals surface area (Å²) in [4.78, 5) is 16.9. The van der Waals surface area contributed by atoms with Gasteiger partial charge in [-0.15, -0.1) is 11.3 Å². The Labute approximate surface area is 357 Å². The van der Waals surface area contributed by atoms with Crippen LogP contribution in [0.1, 0.15) is 163 Å². The Bertz CT molecular complexity index is 2130. The molecule has 8 rings (SSSR count). The van der Waals surface area contributed by atoms with Gasteiger partial charge in [-0.1, -0.05) is 171 Å². The fourth-order valence-electron chi connectivity index (χ4n) is 5.70. The molecule has 4 aromatic carbocycles. The van der Waals surface area contributed by atoms with Gasteiger partial charge in [0.1, 0.15) is 11.0 Å². The summed E-state index contributed by atoms with van der Waals surface area (Å²) in [6, 6.07) is 24.7. The first kappa shape index (κ1) is 51.4. The summed E-state index contributed by atoms with van der Waals surface area (Å²) < 4.78 is 13.4. The summed E-state index contributed by atoms with van der Waals surface area (Å²) in [5, 5.41) is 0.656. The predicted octanol–water partition coefficient (Wildman–Crippen LogP) is 16.7. The van der Waals surface area contributed by atoms with Crippen molar-refractivity contribution in [2.45, 2.75) is 141 Å². The highest BCUT2D eigenvalue weighted by molar-refractivity contribution is 7.22. The molecular weight excluding hydrogens is 755 g/mol. The van der Waals surface area contributed by atoms with Gasteiger partial charge in [0.05, 0.1) is 25.9 Å². The number of benzene rings is 4. The Hall–Kier alpha value is -4.60. The van der Waals surface area contributed by atoms with Gasteiger partial charge in [0.15, 0.2) is 28.6 Å². The van der Waals surface area contributed by atoms with E-state index in [1.807, 2.05) is 104 Å².